The van der Waals surface area contributed by atoms with Crippen LogP contribution in [0.1, 0.15) is 11.1 Å². The third kappa shape index (κ3) is 5.91. The number of guanidine groups is 1. The number of ether oxygens (including phenoxy) is 1. The Morgan fingerprint density at radius 3 is 2.54 bits per heavy atom. The van der Waals surface area contributed by atoms with E-state index in [0.717, 1.165) is 12.1 Å². The van der Waals surface area contributed by atoms with Gasteiger partial charge in [-0.2, -0.15) is 13.2 Å². The Labute approximate surface area is 154 Å². The van der Waals surface area contributed by atoms with Gasteiger partial charge < -0.3 is 15.8 Å². The average Bonchev–Trinajstić information content (AvgIpc) is 2.52. The average molecular weight is 451 g/mol. The highest BCUT2D eigenvalue weighted by molar-refractivity contribution is 14.0. The van der Waals surface area contributed by atoms with E-state index in [1.54, 1.807) is 37.4 Å². The van der Waals surface area contributed by atoms with Crippen molar-refractivity contribution >= 4 is 35.6 Å². The molecule has 0 unspecified atom stereocenters. The van der Waals surface area contributed by atoms with Gasteiger partial charge in [0.25, 0.3) is 0 Å². The number of rotatable bonds is 4. The predicted octanol–water partition coefficient (Wildman–Crippen LogP) is 4.26. The smallest absolute Gasteiger partial charge is 0.416 e. The Kier molecular flexibility index (Phi) is 7.33. The van der Waals surface area contributed by atoms with Crippen LogP contribution in [0.3, 0.4) is 0 Å². The number of benzene rings is 2. The van der Waals surface area contributed by atoms with E-state index in [-0.39, 0.29) is 36.5 Å². The molecular formula is C16H17F3IN3O. The van der Waals surface area contributed by atoms with Crippen LogP contribution in [0.2, 0.25) is 0 Å². The van der Waals surface area contributed by atoms with Gasteiger partial charge >= 0.3 is 6.18 Å². The summed E-state index contributed by atoms with van der Waals surface area (Å²) in [5.41, 5.74) is 6.14. The summed E-state index contributed by atoms with van der Waals surface area (Å²) in [7, 11) is 1.55. The predicted molar refractivity (Wildman–Crippen MR) is 98.8 cm³/mol. The van der Waals surface area contributed by atoms with E-state index in [1.165, 1.54) is 6.07 Å². The number of halogens is 4. The van der Waals surface area contributed by atoms with Crippen molar-refractivity contribution in [3.8, 4) is 5.75 Å². The maximum atomic E-state index is 12.6. The molecule has 0 aromatic heterocycles. The molecule has 3 N–H and O–H groups in total. The molecule has 0 aliphatic heterocycles. The second kappa shape index (κ2) is 8.76. The Bertz CT molecular complexity index is 705. The zero-order valence-electron chi connectivity index (χ0n) is 12.8. The van der Waals surface area contributed by atoms with Gasteiger partial charge in [0, 0.05) is 11.8 Å². The number of alkyl halides is 3. The number of hydrogen-bond donors (Lipinski definition) is 2. The maximum Gasteiger partial charge on any atom is 0.416 e. The van der Waals surface area contributed by atoms with Crippen molar-refractivity contribution in [3.05, 3.63) is 59.7 Å². The SMILES string of the molecule is COc1cccc(NC(N)=NCc2cccc(C(F)(F)F)c2)c1.I. The third-order valence-corrected chi connectivity index (χ3v) is 3.03. The fraction of sp³-hybridized carbons (Fsp3) is 0.188. The highest BCUT2D eigenvalue weighted by Crippen LogP contribution is 2.29. The van der Waals surface area contributed by atoms with Crippen molar-refractivity contribution in [2.45, 2.75) is 12.7 Å². The summed E-state index contributed by atoms with van der Waals surface area (Å²) in [6.07, 6.45) is -4.37. The number of anilines is 1. The lowest BCUT2D eigenvalue weighted by Crippen LogP contribution is -2.22. The highest BCUT2D eigenvalue weighted by Gasteiger charge is 2.30. The number of nitrogens with two attached hydrogens (primary N) is 1. The molecule has 0 amide bonds. The van der Waals surface area contributed by atoms with Crippen LogP contribution in [0.15, 0.2) is 53.5 Å². The lowest BCUT2D eigenvalue weighted by atomic mass is 10.1. The van der Waals surface area contributed by atoms with Gasteiger partial charge in [0.15, 0.2) is 5.96 Å². The number of nitrogens with one attached hydrogen (secondary N) is 1. The third-order valence-electron chi connectivity index (χ3n) is 3.03. The van der Waals surface area contributed by atoms with Crippen LogP contribution in [0.4, 0.5) is 18.9 Å². The van der Waals surface area contributed by atoms with Crippen LogP contribution in [-0.2, 0) is 12.7 Å². The monoisotopic (exact) mass is 451 g/mol. The summed E-state index contributed by atoms with van der Waals surface area (Å²) in [5.74, 6) is 0.761. The molecule has 0 radical (unpaired) electrons. The first-order valence-corrected chi connectivity index (χ1v) is 6.75. The van der Waals surface area contributed by atoms with Crippen LogP contribution in [0.25, 0.3) is 0 Å². The normalized spacial score (nSPS) is 11.6. The summed E-state index contributed by atoms with van der Waals surface area (Å²) in [6, 6.07) is 12.1. The van der Waals surface area contributed by atoms with E-state index in [2.05, 4.69) is 10.3 Å². The quantitative estimate of drug-likeness (QED) is 0.415. The van der Waals surface area contributed by atoms with Crippen LogP contribution >= 0.6 is 24.0 Å². The van der Waals surface area contributed by atoms with Crippen molar-refractivity contribution in [2.24, 2.45) is 10.7 Å². The molecule has 0 fully saturated rings. The van der Waals surface area contributed by atoms with Crippen molar-refractivity contribution < 1.29 is 17.9 Å². The molecule has 2 aromatic carbocycles. The van der Waals surface area contributed by atoms with Gasteiger partial charge in [-0.3, -0.25) is 0 Å². The molecule has 0 saturated heterocycles. The molecule has 0 aliphatic rings. The van der Waals surface area contributed by atoms with Crippen molar-refractivity contribution in [3.63, 3.8) is 0 Å². The van der Waals surface area contributed by atoms with Crippen molar-refractivity contribution in [1.82, 2.24) is 0 Å². The van der Waals surface area contributed by atoms with E-state index < -0.39 is 11.7 Å². The van der Waals surface area contributed by atoms with Gasteiger partial charge in [-0.25, -0.2) is 4.99 Å². The molecule has 0 saturated carbocycles. The summed E-state index contributed by atoms with van der Waals surface area (Å²) < 4.78 is 43.0. The number of aliphatic imine (C=N–C) groups is 1. The Morgan fingerprint density at radius 1 is 1.17 bits per heavy atom. The number of hydrogen-bond acceptors (Lipinski definition) is 2. The van der Waals surface area contributed by atoms with E-state index in [1.807, 2.05) is 0 Å². The number of nitrogens with zero attached hydrogens (tertiary/aromatic N) is 1. The van der Waals surface area contributed by atoms with Crippen molar-refractivity contribution in [2.75, 3.05) is 12.4 Å². The lowest BCUT2D eigenvalue weighted by Gasteiger charge is -2.09. The first kappa shape index (κ1) is 20.1. The van der Waals surface area contributed by atoms with Gasteiger partial charge in [0.2, 0.25) is 0 Å². The molecule has 130 valence electrons. The molecule has 0 heterocycles. The lowest BCUT2D eigenvalue weighted by molar-refractivity contribution is -0.137. The molecule has 0 aliphatic carbocycles. The summed E-state index contributed by atoms with van der Waals surface area (Å²) in [6.45, 7) is 0.0483. The Balaban J connectivity index is 0.00000288. The highest BCUT2D eigenvalue weighted by atomic mass is 127. The molecule has 0 atom stereocenters. The fourth-order valence-corrected chi connectivity index (χ4v) is 1.91. The molecule has 0 bridgehead atoms. The van der Waals surface area contributed by atoms with Gasteiger partial charge in [-0.15, -0.1) is 24.0 Å². The standard InChI is InChI=1S/C16H16F3N3O.HI/c1-23-14-7-3-6-13(9-14)22-15(20)21-10-11-4-2-5-12(8-11)16(17,18)19;/h2-9H,10H2,1H3,(H3,20,21,22);1H. The van der Waals surface area contributed by atoms with E-state index in [0.29, 0.717) is 17.0 Å². The minimum absolute atomic E-state index is 0. The Morgan fingerprint density at radius 2 is 1.88 bits per heavy atom. The summed E-state index contributed by atoms with van der Waals surface area (Å²) in [5, 5.41) is 2.86. The first-order valence-electron chi connectivity index (χ1n) is 6.75. The van der Waals surface area contributed by atoms with Crippen LogP contribution < -0.4 is 15.8 Å². The molecule has 0 spiro atoms. The zero-order chi connectivity index (χ0) is 16.9. The largest absolute Gasteiger partial charge is 0.497 e. The van der Waals surface area contributed by atoms with Gasteiger partial charge in [0.05, 0.1) is 19.2 Å². The van der Waals surface area contributed by atoms with E-state index in [9.17, 15) is 13.2 Å². The van der Waals surface area contributed by atoms with Gasteiger partial charge in [0.1, 0.15) is 5.75 Å². The van der Waals surface area contributed by atoms with Gasteiger partial charge in [-0.1, -0.05) is 18.2 Å². The molecule has 24 heavy (non-hydrogen) atoms. The minimum atomic E-state index is -4.37. The first-order chi connectivity index (χ1) is 10.9. The Hall–Kier alpha value is -1.97. The molecule has 4 nitrogen and oxygen atoms in total. The molecular weight excluding hydrogens is 434 g/mol. The van der Waals surface area contributed by atoms with Gasteiger partial charge in [-0.05, 0) is 29.8 Å². The van der Waals surface area contributed by atoms with Crippen molar-refractivity contribution in [1.29, 1.82) is 0 Å². The summed E-state index contributed by atoms with van der Waals surface area (Å²) >= 11 is 0. The van der Waals surface area contributed by atoms with E-state index in [4.69, 9.17) is 10.5 Å². The maximum absolute atomic E-state index is 12.6. The number of methoxy groups -OCH3 is 1. The molecule has 2 aromatic rings. The second-order valence-electron chi connectivity index (χ2n) is 4.76. The molecule has 2 rings (SSSR count). The topological polar surface area (TPSA) is 59.6 Å². The second-order valence-corrected chi connectivity index (χ2v) is 4.76. The van der Waals surface area contributed by atoms with Crippen LogP contribution in [0, 0.1) is 0 Å². The van der Waals surface area contributed by atoms with E-state index >= 15 is 0 Å². The molecule has 8 heteroatoms. The minimum Gasteiger partial charge on any atom is -0.497 e. The van der Waals surface area contributed by atoms with Crippen LogP contribution in [-0.4, -0.2) is 13.1 Å². The van der Waals surface area contributed by atoms with Crippen LogP contribution in [0.5, 0.6) is 5.75 Å². The summed E-state index contributed by atoms with van der Waals surface area (Å²) in [4.78, 5) is 4.04. The fourth-order valence-electron chi connectivity index (χ4n) is 1.91. The zero-order valence-corrected chi connectivity index (χ0v) is 15.1.